The number of likely N-dealkylation sites (N-methyl/N-ethyl adjacent to an activating group) is 1. The molecule has 4 nitrogen and oxygen atoms in total. The fourth-order valence-corrected chi connectivity index (χ4v) is 2.87. The van der Waals surface area contributed by atoms with E-state index in [0.29, 0.717) is 6.61 Å². The highest BCUT2D eigenvalue weighted by Crippen LogP contribution is 2.26. The molecular formula is C18H20ClN3O. The molecule has 0 unspecified atom stereocenters. The Morgan fingerprint density at radius 3 is 2.87 bits per heavy atom. The van der Waals surface area contributed by atoms with Gasteiger partial charge in [-0.2, -0.15) is 0 Å². The molecule has 0 radical (unpaired) electrons. The number of rotatable bonds is 4. The molecule has 2 aromatic rings. The SMILES string of the molecule is CN(C)CCO/N=C1\c2ccc(Cl)cc2CCc2cccnc21. The first kappa shape index (κ1) is 16.0. The molecule has 1 aliphatic carbocycles. The molecule has 0 atom stereocenters. The van der Waals surface area contributed by atoms with Crippen LogP contribution in [-0.2, 0) is 17.7 Å². The van der Waals surface area contributed by atoms with Gasteiger partial charge in [-0.05, 0) is 56.3 Å². The van der Waals surface area contributed by atoms with Crippen LogP contribution in [0.2, 0.25) is 5.02 Å². The van der Waals surface area contributed by atoms with Gasteiger partial charge in [-0.3, -0.25) is 4.98 Å². The van der Waals surface area contributed by atoms with Gasteiger partial charge in [0.2, 0.25) is 0 Å². The molecule has 23 heavy (non-hydrogen) atoms. The third kappa shape index (κ3) is 3.71. The zero-order valence-electron chi connectivity index (χ0n) is 13.4. The van der Waals surface area contributed by atoms with Crippen LogP contribution in [0.4, 0.5) is 0 Å². The molecule has 1 aliphatic rings. The molecule has 0 saturated heterocycles. The van der Waals surface area contributed by atoms with Crippen molar-refractivity contribution in [3.8, 4) is 0 Å². The summed E-state index contributed by atoms with van der Waals surface area (Å²) >= 11 is 6.16. The third-order valence-corrected chi connectivity index (χ3v) is 4.12. The zero-order chi connectivity index (χ0) is 16.2. The first-order valence-corrected chi connectivity index (χ1v) is 8.10. The minimum atomic E-state index is 0.543. The van der Waals surface area contributed by atoms with Crippen LogP contribution in [0.5, 0.6) is 0 Å². The topological polar surface area (TPSA) is 37.7 Å². The summed E-state index contributed by atoms with van der Waals surface area (Å²) in [5, 5.41) is 5.16. The number of oxime groups is 1. The monoisotopic (exact) mass is 329 g/mol. The van der Waals surface area contributed by atoms with Gasteiger partial charge in [-0.25, -0.2) is 0 Å². The highest BCUT2D eigenvalue weighted by molar-refractivity contribution is 6.31. The average molecular weight is 330 g/mol. The second kappa shape index (κ2) is 7.11. The Bertz CT molecular complexity index is 728. The quantitative estimate of drug-likeness (QED) is 0.638. The third-order valence-electron chi connectivity index (χ3n) is 3.89. The molecule has 0 spiro atoms. The van der Waals surface area contributed by atoms with Crippen LogP contribution in [0.1, 0.15) is 22.4 Å². The van der Waals surface area contributed by atoms with Gasteiger partial charge in [-0.15, -0.1) is 0 Å². The normalized spacial score (nSPS) is 15.2. The van der Waals surface area contributed by atoms with Crippen LogP contribution in [0.25, 0.3) is 0 Å². The molecule has 3 rings (SSSR count). The number of aromatic nitrogens is 1. The Hall–Kier alpha value is -1.91. The number of benzene rings is 1. The van der Waals surface area contributed by atoms with E-state index in [1.165, 1.54) is 11.1 Å². The summed E-state index contributed by atoms with van der Waals surface area (Å²) in [5.74, 6) is 0. The van der Waals surface area contributed by atoms with Crippen molar-refractivity contribution in [2.75, 3.05) is 27.2 Å². The van der Waals surface area contributed by atoms with Gasteiger partial charge in [0.1, 0.15) is 12.3 Å². The van der Waals surface area contributed by atoms with Crippen molar-refractivity contribution in [1.29, 1.82) is 0 Å². The maximum absolute atomic E-state index is 6.16. The molecule has 1 heterocycles. The number of halogens is 1. The largest absolute Gasteiger partial charge is 0.394 e. The van der Waals surface area contributed by atoms with E-state index < -0.39 is 0 Å². The lowest BCUT2D eigenvalue weighted by atomic mass is 10.0. The van der Waals surface area contributed by atoms with Crippen molar-refractivity contribution in [3.63, 3.8) is 0 Å². The minimum absolute atomic E-state index is 0.543. The van der Waals surface area contributed by atoms with E-state index in [9.17, 15) is 0 Å². The summed E-state index contributed by atoms with van der Waals surface area (Å²) < 4.78 is 0. The Morgan fingerprint density at radius 2 is 2.04 bits per heavy atom. The maximum atomic E-state index is 6.16. The number of aryl methyl sites for hydroxylation is 2. The number of fused-ring (bicyclic) bond motifs is 2. The molecule has 5 heteroatoms. The lowest BCUT2D eigenvalue weighted by Gasteiger charge is -2.11. The molecule has 0 amide bonds. The van der Waals surface area contributed by atoms with E-state index in [4.69, 9.17) is 16.4 Å². The Labute approximate surface area is 141 Å². The van der Waals surface area contributed by atoms with E-state index >= 15 is 0 Å². The van der Waals surface area contributed by atoms with E-state index in [1.807, 2.05) is 38.4 Å². The highest BCUT2D eigenvalue weighted by Gasteiger charge is 2.21. The predicted molar refractivity (Wildman–Crippen MR) is 93.2 cm³/mol. The van der Waals surface area contributed by atoms with Crippen LogP contribution in [0.3, 0.4) is 0 Å². The fourth-order valence-electron chi connectivity index (χ4n) is 2.68. The van der Waals surface area contributed by atoms with E-state index in [0.717, 1.165) is 41.4 Å². The first-order valence-electron chi connectivity index (χ1n) is 7.73. The van der Waals surface area contributed by atoms with Crippen molar-refractivity contribution in [2.24, 2.45) is 5.16 Å². The smallest absolute Gasteiger partial charge is 0.136 e. The second-order valence-electron chi connectivity index (χ2n) is 5.89. The maximum Gasteiger partial charge on any atom is 0.136 e. The lowest BCUT2D eigenvalue weighted by molar-refractivity contribution is 0.126. The molecule has 1 aromatic carbocycles. The van der Waals surface area contributed by atoms with Crippen molar-refractivity contribution in [3.05, 3.63) is 63.9 Å². The summed E-state index contributed by atoms with van der Waals surface area (Å²) in [4.78, 5) is 12.2. The van der Waals surface area contributed by atoms with Crippen LogP contribution < -0.4 is 0 Å². The summed E-state index contributed by atoms with van der Waals surface area (Å²) in [6.45, 7) is 1.36. The van der Waals surface area contributed by atoms with Crippen molar-refractivity contribution in [2.45, 2.75) is 12.8 Å². The van der Waals surface area contributed by atoms with Crippen LogP contribution >= 0.6 is 11.6 Å². The minimum Gasteiger partial charge on any atom is -0.394 e. The van der Waals surface area contributed by atoms with Crippen molar-refractivity contribution >= 4 is 17.3 Å². The molecule has 0 fully saturated rings. The second-order valence-corrected chi connectivity index (χ2v) is 6.33. The molecule has 1 aromatic heterocycles. The summed E-state index contributed by atoms with van der Waals surface area (Å²) in [7, 11) is 4.02. The van der Waals surface area contributed by atoms with Gasteiger partial charge < -0.3 is 9.74 Å². The molecule has 0 N–H and O–H groups in total. The summed E-state index contributed by atoms with van der Waals surface area (Å²) in [6, 6.07) is 9.98. The molecule has 120 valence electrons. The number of hydrogen-bond acceptors (Lipinski definition) is 4. The van der Waals surface area contributed by atoms with Gasteiger partial charge in [0.15, 0.2) is 0 Å². The number of nitrogens with zero attached hydrogens (tertiary/aromatic N) is 3. The van der Waals surface area contributed by atoms with E-state index in [-0.39, 0.29) is 0 Å². The number of pyridine rings is 1. The lowest BCUT2D eigenvalue weighted by Crippen LogP contribution is -2.17. The van der Waals surface area contributed by atoms with Gasteiger partial charge in [-0.1, -0.05) is 28.9 Å². The van der Waals surface area contributed by atoms with Crippen LogP contribution in [0.15, 0.2) is 41.7 Å². The number of hydrogen-bond donors (Lipinski definition) is 0. The molecule has 0 aliphatic heterocycles. The molecule has 0 bridgehead atoms. The Kier molecular flexibility index (Phi) is 4.94. The average Bonchev–Trinajstić information content (AvgIpc) is 2.68. The predicted octanol–water partition coefficient (Wildman–Crippen LogP) is 3.16. The Balaban J connectivity index is 1.99. The zero-order valence-corrected chi connectivity index (χ0v) is 14.2. The highest BCUT2D eigenvalue weighted by atomic mass is 35.5. The van der Waals surface area contributed by atoms with Gasteiger partial charge >= 0.3 is 0 Å². The van der Waals surface area contributed by atoms with Gasteiger partial charge in [0.25, 0.3) is 0 Å². The summed E-state index contributed by atoms with van der Waals surface area (Å²) in [5.41, 5.74) is 5.12. The Morgan fingerprint density at radius 1 is 1.22 bits per heavy atom. The van der Waals surface area contributed by atoms with Crippen molar-refractivity contribution < 1.29 is 4.84 Å². The van der Waals surface area contributed by atoms with Crippen LogP contribution in [0, 0.1) is 0 Å². The molecule has 0 saturated carbocycles. The van der Waals surface area contributed by atoms with Crippen LogP contribution in [-0.4, -0.2) is 42.8 Å². The van der Waals surface area contributed by atoms with E-state index in [2.05, 4.69) is 21.1 Å². The van der Waals surface area contributed by atoms with E-state index in [1.54, 1.807) is 6.20 Å². The standard InChI is InChI=1S/C18H20ClN3O/c1-22(2)10-11-23-21-18-16-8-7-15(19)12-14(16)6-5-13-4-3-9-20-17(13)18/h3-4,7-9,12H,5-6,10-11H2,1-2H3/b21-18+. The summed E-state index contributed by atoms with van der Waals surface area (Å²) in [6.07, 6.45) is 3.65. The van der Waals surface area contributed by atoms with Crippen molar-refractivity contribution in [1.82, 2.24) is 9.88 Å². The fraction of sp³-hybridized carbons (Fsp3) is 0.333. The first-order chi connectivity index (χ1) is 11.1. The van der Waals surface area contributed by atoms with Gasteiger partial charge in [0.05, 0.1) is 5.69 Å². The van der Waals surface area contributed by atoms with Gasteiger partial charge in [0, 0.05) is 23.3 Å². The molecular weight excluding hydrogens is 310 g/mol.